The summed E-state index contributed by atoms with van der Waals surface area (Å²) in [5, 5.41) is 0. The number of carbonyl (C=O) groups excluding carboxylic acids is 2. The van der Waals surface area contributed by atoms with Crippen molar-refractivity contribution < 1.29 is 18.0 Å². The Kier molecular flexibility index (Phi) is 4.69. The molecule has 0 radical (unpaired) electrons. The fourth-order valence-corrected chi connectivity index (χ4v) is 4.22. The summed E-state index contributed by atoms with van der Waals surface area (Å²) in [4.78, 5) is 26.4. The highest BCUT2D eigenvalue weighted by atomic mass is 32.2. The summed E-state index contributed by atoms with van der Waals surface area (Å²) in [5.41, 5.74) is 2.59. The van der Waals surface area contributed by atoms with E-state index in [9.17, 15) is 18.0 Å². The second-order valence-corrected chi connectivity index (χ2v) is 8.46. The van der Waals surface area contributed by atoms with Crippen molar-refractivity contribution in [1.82, 2.24) is 0 Å². The number of hydrogen-bond acceptors (Lipinski definition) is 4. The van der Waals surface area contributed by atoms with Crippen LogP contribution < -0.4 is 14.1 Å². The largest absolute Gasteiger partial charge is 0.316 e. The number of carbonyl (C=O) groups is 2. The topological polar surface area (TPSA) is 78.0 Å². The number of sulfonamides is 1. The van der Waals surface area contributed by atoms with Crippen molar-refractivity contribution in [1.29, 1.82) is 0 Å². The molecule has 27 heavy (non-hydrogen) atoms. The monoisotopic (exact) mass is 387 g/mol. The van der Waals surface area contributed by atoms with E-state index in [1.54, 1.807) is 50.5 Å². The first-order valence-electron chi connectivity index (χ1n) is 8.35. The van der Waals surface area contributed by atoms with Gasteiger partial charge in [0.2, 0.25) is 11.8 Å². The van der Waals surface area contributed by atoms with Crippen molar-refractivity contribution >= 4 is 38.9 Å². The molecule has 0 saturated heterocycles. The Hall–Kier alpha value is -2.87. The van der Waals surface area contributed by atoms with Gasteiger partial charge in [0.15, 0.2) is 0 Å². The van der Waals surface area contributed by atoms with E-state index in [-0.39, 0.29) is 23.1 Å². The number of nitrogens with zero attached hydrogens (tertiary/aromatic N) is 3. The van der Waals surface area contributed by atoms with Gasteiger partial charge < -0.3 is 9.80 Å². The third-order valence-electron chi connectivity index (χ3n) is 4.86. The quantitative estimate of drug-likeness (QED) is 0.804. The molecule has 2 amide bonds. The van der Waals surface area contributed by atoms with Crippen LogP contribution in [0.15, 0.2) is 47.4 Å². The van der Waals surface area contributed by atoms with Crippen molar-refractivity contribution in [3.63, 3.8) is 0 Å². The molecule has 0 aromatic heterocycles. The zero-order valence-corrected chi connectivity index (χ0v) is 16.4. The van der Waals surface area contributed by atoms with Gasteiger partial charge in [0.05, 0.1) is 17.0 Å². The van der Waals surface area contributed by atoms with Gasteiger partial charge in [0, 0.05) is 39.4 Å². The number of hydrogen-bond donors (Lipinski definition) is 0. The summed E-state index contributed by atoms with van der Waals surface area (Å²) in [6.07, 6.45) is 0.199. The standard InChI is InChI=1S/C19H21N3O4S/c1-13(23)20(2)15-5-7-16(8-6-15)22(4)27(25,26)17-9-10-18-14(11-17)12-19(24)21(18)3/h5-11H,12H2,1-4H3. The van der Waals surface area contributed by atoms with E-state index in [1.165, 1.54) is 34.1 Å². The lowest BCUT2D eigenvalue weighted by Gasteiger charge is -2.21. The lowest BCUT2D eigenvalue weighted by Crippen LogP contribution is -2.27. The first kappa shape index (κ1) is 18.9. The van der Waals surface area contributed by atoms with Crippen LogP contribution in [0.25, 0.3) is 0 Å². The fourth-order valence-electron chi connectivity index (χ4n) is 2.97. The highest BCUT2D eigenvalue weighted by molar-refractivity contribution is 7.92. The summed E-state index contributed by atoms with van der Waals surface area (Å²) in [5.74, 6) is -0.167. The Labute approximate surface area is 158 Å². The minimum atomic E-state index is -3.78. The summed E-state index contributed by atoms with van der Waals surface area (Å²) in [6.45, 7) is 1.46. The maximum atomic E-state index is 13.0. The van der Waals surface area contributed by atoms with E-state index >= 15 is 0 Å². The van der Waals surface area contributed by atoms with E-state index in [1.807, 2.05) is 0 Å². The number of rotatable bonds is 4. The van der Waals surface area contributed by atoms with Crippen molar-refractivity contribution in [2.75, 3.05) is 35.2 Å². The van der Waals surface area contributed by atoms with E-state index in [0.717, 1.165) is 5.69 Å². The summed E-state index contributed by atoms with van der Waals surface area (Å²) in [6, 6.07) is 11.4. The van der Waals surface area contributed by atoms with Crippen LogP contribution in [0, 0.1) is 0 Å². The SMILES string of the molecule is CC(=O)N(C)c1ccc(N(C)S(=O)(=O)c2ccc3c(c2)CC(=O)N3C)cc1. The van der Waals surface area contributed by atoms with Gasteiger partial charge in [-0.15, -0.1) is 0 Å². The number of fused-ring (bicyclic) bond motifs is 1. The van der Waals surface area contributed by atoms with Gasteiger partial charge in [0.25, 0.3) is 10.0 Å². The highest BCUT2D eigenvalue weighted by Crippen LogP contribution is 2.31. The molecule has 142 valence electrons. The molecule has 0 unspecified atom stereocenters. The van der Waals surface area contributed by atoms with Gasteiger partial charge in [-0.2, -0.15) is 0 Å². The Morgan fingerprint density at radius 1 is 1.04 bits per heavy atom. The molecule has 2 aromatic carbocycles. The third kappa shape index (κ3) is 3.28. The minimum absolute atomic E-state index is 0.0573. The molecule has 1 aliphatic rings. The second kappa shape index (κ2) is 6.70. The van der Waals surface area contributed by atoms with Crippen molar-refractivity contribution in [3.05, 3.63) is 48.0 Å². The van der Waals surface area contributed by atoms with Gasteiger partial charge in [0.1, 0.15) is 0 Å². The molecule has 0 N–H and O–H groups in total. The number of likely N-dealkylation sites (N-methyl/N-ethyl adjacent to an activating group) is 1. The molecule has 0 fully saturated rings. The van der Waals surface area contributed by atoms with E-state index in [0.29, 0.717) is 16.9 Å². The zero-order valence-electron chi connectivity index (χ0n) is 15.6. The van der Waals surface area contributed by atoms with Gasteiger partial charge in [-0.1, -0.05) is 0 Å². The van der Waals surface area contributed by atoms with Crippen LogP contribution in [0.1, 0.15) is 12.5 Å². The zero-order chi connectivity index (χ0) is 19.9. The molecular formula is C19H21N3O4S. The van der Waals surface area contributed by atoms with E-state index in [2.05, 4.69) is 0 Å². The molecule has 0 bridgehead atoms. The number of benzene rings is 2. The van der Waals surface area contributed by atoms with Crippen LogP contribution in [0.5, 0.6) is 0 Å². The van der Waals surface area contributed by atoms with Crippen LogP contribution >= 0.6 is 0 Å². The number of amides is 2. The average Bonchev–Trinajstić information content (AvgIpc) is 2.94. The molecule has 0 aliphatic carbocycles. The van der Waals surface area contributed by atoms with Crippen molar-refractivity contribution in [2.45, 2.75) is 18.2 Å². The van der Waals surface area contributed by atoms with Crippen LogP contribution in [-0.4, -0.2) is 41.4 Å². The minimum Gasteiger partial charge on any atom is -0.316 e. The Balaban J connectivity index is 1.90. The third-order valence-corrected chi connectivity index (χ3v) is 6.64. The molecule has 0 atom stereocenters. The average molecular weight is 387 g/mol. The first-order chi connectivity index (χ1) is 12.6. The van der Waals surface area contributed by atoms with Crippen LogP contribution in [0.4, 0.5) is 17.1 Å². The number of anilines is 3. The van der Waals surface area contributed by atoms with Crippen molar-refractivity contribution in [2.24, 2.45) is 0 Å². The van der Waals surface area contributed by atoms with E-state index in [4.69, 9.17) is 0 Å². The first-order valence-corrected chi connectivity index (χ1v) is 9.79. The lowest BCUT2D eigenvalue weighted by molar-refractivity contribution is -0.117. The smallest absolute Gasteiger partial charge is 0.264 e. The van der Waals surface area contributed by atoms with Gasteiger partial charge in [-0.25, -0.2) is 8.42 Å². The van der Waals surface area contributed by atoms with Crippen molar-refractivity contribution in [3.8, 4) is 0 Å². The summed E-state index contributed by atoms with van der Waals surface area (Å²) >= 11 is 0. The maximum Gasteiger partial charge on any atom is 0.264 e. The Morgan fingerprint density at radius 3 is 2.22 bits per heavy atom. The highest BCUT2D eigenvalue weighted by Gasteiger charge is 2.28. The molecule has 7 nitrogen and oxygen atoms in total. The summed E-state index contributed by atoms with van der Waals surface area (Å²) < 4.78 is 27.2. The Bertz CT molecular complexity index is 1020. The van der Waals surface area contributed by atoms with Gasteiger partial charge in [-0.05, 0) is 48.0 Å². The second-order valence-electron chi connectivity index (χ2n) is 6.49. The van der Waals surface area contributed by atoms with Gasteiger partial charge >= 0.3 is 0 Å². The van der Waals surface area contributed by atoms with Crippen LogP contribution in [-0.2, 0) is 26.0 Å². The molecule has 3 rings (SSSR count). The van der Waals surface area contributed by atoms with Crippen LogP contribution in [0.2, 0.25) is 0 Å². The molecule has 2 aromatic rings. The molecule has 0 spiro atoms. The molecular weight excluding hydrogens is 366 g/mol. The van der Waals surface area contributed by atoms with E-state index < -0.39 is 10.0 Å². The lowest BCUT2D eigenvalue weighted by atomic mass is 10.2. The molecule has 1 aliphatic heterocycles. The fraction of sp³-hybridized carbons (Fsp3) is 0.263. The molecule has 8 heteroatoms. The summed E-state index contributed by atoms with van der Waals surface area (Å²) in [7, 11) is 1.03. The Morgan fingerprint density at radius 2 is 1.63 bits per heavy atom. The molecule has 0 saturated carbocycles. The predicted molar refractivity (Wildman–Crippen MR) is 105 cm³/mol. The maximum absolute atomic E-state index is 13.0. The van der Waals surface area contributed by atoms with Gasteiger partial charge in [-0.3, -0.25) is 13.9 Å². The normalized spacial score (nSPS) is 13.5. The molecule has 1 heterocycles. The predicted octanol–water partition coefficient (Wildman–Crippen LogP) is 2.01. The van der Waals surface area contributed by atoms with Crippen LogP contribution in [0.3, 0.4) is 0 Å².